The van der Waals surface area contributed by atoms with Crippen LogP contribution in [0.3, 0.4) is 0 Å². The number of carbonyl (C=O) groups excluding carboxylic acids is 1. The van der Waals surface area contributed by atoms with Crippen LogP contribution in [0.5, 0.6) is 0 Å². The topological polar surface area (TPSA) is 55.1 Å². The Morgan fingerprint density at radius 3 is 2.39 bits per heavy atom. The van der Waals surface area contributed by atoms with E-state index in [2.05, 4.69) is 21.2 Å². The van der Waals surface area contributed by atoms with Gasteiger partial charge in [-0.25, -0.2) is 0 Å². The van der Waals surface area contributed by atoms with Crippen LogP contribution in [0, 0.1) is 0 Å². The van der Waals surface area contributed by atoms with Crippen LogP contribution in [0.25, 0.3) is 0 Å². The molecule has 0 aromatic heterocycles. The summed E-state index contributed by atoms with van der Waals surface area (Å²) in [6.45, 7) is 0.659. The van der Waals surface area contributed by atoms with Gasteiger partial charge >= 0.3 is 0 Å². The molecule has 0 saturated heterocycles. The maximum Gasteiger partial charge on any atom is 0.224 e. The molecule has 0 aliphatic carbocycles. The van der Waals surface area contributed by atoms with Gasteiger partial charge in [0.15, 0.2) is 0 Å². The number of hydrogen-bond donors (Lipinski definition) is 2. The van der Waals surface area contributed by atoms with E-state index in [1.54, 1.807) is 12.1 Å². The fraction of sp³-hybridized carbons (Fsp3) is 0.417. The smallest absolute Gasteiger partial charge is 0.224 e. The normalized spacial score (nSPS) is 10.4. The van der Waals surface area contributed by atoms with Crippen molar-refractivity contribution in [3.05, 3.63) is 26.7 Å². The van der Waals surface area contributed by atoms with Crippen molar-refractivity contribution in [3.63, 3.8) is 0 Å². The molecule has 0 aliphatic rings. The highest BCUT2D eigenvalue weighted by Crippen LogP contribution is 2.33. The summed E-state index contributed by atoms with van der Waals surface area (Å²) in [5, 5.41) is 3.57. The van der Waals surface area contributed by atoms with Gasteiger partial charge in [-0.15, -0.1) is 0 Å². The molecule has 0 unspecified atom stereocenters. The van der Waals surface area contributed by atoms with Crippen molar-refractivity contribution in [2.75, 3.05) is 11.9 Å². The summed E-state index contributed by atoms with van der Waals surface area (Å²) in [6, 6.07) is 3.38. The molecule has 0 spiro atoms. The van der Waals surface area contributed by atoms with E-state index in [1.807, 2.05) is 0 Å². The second-order valence-corrected chi connectivity index (χ2v) is 5.62. The minimum atomic E-state index is -0.0851. The summed E-state index contributed by atoms with van der Waals surface area (Å²) in [7, 11) is 0. The van der Waals surface area contributed by atoms with E-state index >= 15 is 0 Å². The van der Waals surface area contributed by atoms with E-state index in [0.29, 0.717) is 28.7 Å². The van der Waals surface area contributed by atoms with Crippen molar-refractivity contribution >= 4 is 50.7 Å². The lowest BCUT2D eigenvalue weighted by Crippen LogP contribution is -2.12. The third kappa shape index (κ3) is 5.14. The quantitative estimate of drug-likeness (QED) is 0.752. The summed E-state index contributed by atoms with van der Waals surface area (Å²) in [5.74, 6) is -0.0851. The van der Waals surface area contributed by atoms with Gasteiger partial charge < -0.3 is 11.1 Å². The molecule has 0 aliphatic heterocycles. The van der Waals surface area contributed by atoms with Crippen LogP contribution < -0.4 is 11.1 Å². The molecule has 1 aromatic carbocycles. The largest absolute Gasteiger partial charge is 0.330 e. The van der Waals surface area contributed by atoms with Gasteiger partial charge in [0.1, 0.15) is 0 Å². The van der Waals surface area contributed by atoms with Crippen molar-refractivity contribution in [1.29, 1.82) is 0 Å². The van der Waals surface area contributed by atoms with Crippen molar-refractivity contribution in [3.8, 4) is 0 Å². The van der Waals surface area contributed by atoms with Gasteiger partial charge in [0.25, 0.3) is 0 Å². The number of nitrogens with one attached hydrogen (secondary N) is 1. The summed E-state index contributed by atoms with van der Waals surface area (Å²) < 4.78 is 0.776. The van der Waals surface area contributed by atoms with Gasteiger partial charge in [0.2, 0.25) is 5.91 Å². The van der Waals surface area contributed by atoms with Crippen LogP contribution in [0.1, 0.15) is 25.7 Å². The second-order valence-electron chi connectivity index (χ2n) is 3.89. The number of amides is 1. The summed E-state index contributed by atoms with van der Waals surface area (Å²) in [6.07, 6.45) is 3.15. The molecule has 0 fully saturated rings. The first kappa shape index (κ1) is 15.8. The third-order valence-electron chi connectivity index (χ3n) is 2.38. The average molecular weight is 354 g/mol. The zero-order chi connectivity index (χ0) is 13.5. The predicted molar refractivity (Wildman–Crippen MR) is 80.3 cm³/mol. The van der Waals surface area contributed by atoms with Crippen molar-refractivity contribution < 1.29 is 4.79 Å². The zero-order valence-electron chi connectivity index (χ0n) is 9.81. The predicted octanol–water partition coefficient (Wildman–Crippen LogP) is 4.21. The monoisotopic (exact) mass is 352 g/mol. The van der Waals surface area contributed by atoms with Gasteiger partial charge in [-0.1, -0.05) is 45.6 Å². The Balaban J connectivity index is 2.54. The molecule has 3 N–H and O–H groups in total. The van der Waals surface area contributed by atoms with Gasteiger partial charge in [0.05, 0.1) is 15.7 Å². The molecule has 0 atom stereocenters. The van der Waals surface area contributed by atoms with Crippen LogP contribution in [0.4, 0.5) is 5.69 Å². The number of rotatable bonds is 6. The number of nitrogens with two attached hydrogens (primary N) is 1. The summed E-state index contributed by atoms with van der Waals surface area (Å²) in [5.41, 5.74) is 5.85. The molecule has 0 bridgehead atoms. The maximum atomic E-state index is 11.7. The van der Waals surface area contributed by atoms with E-state index in [0.717, 1.165) is 23.7 Å². The Morgan fingerprint density at radius 1 is 1.22 bits per heavy atom. The first-order chi connectivity index (χ1) is 8.54. The van der Waals surface area contributed by atoms with E-state index < -0.39 is 0 Å². The molecule has 1 aromatic rings. The highest BCUT2D eigenvalue weighted by Gasteiger charge is 2.10. The lowest BCUT2D eigenvalue weighted by molar-refractivity contribution is -0.116. The van der Waals surface area contributed by atoms with Crippen molar-refractivity contribution in [2.24, 2.45) is 5.73 Å². The molecule has 1 rings (SSSR count). The molecule has 6 heteroatoms. The number of hydrogen-bond acceptors (Lipinski definition) is 2. The first-order valence-electron chi connectivity index (χ1n) is 5.69. The lowest BCUT2D eigenvalue weighted by Gasteiger charge is -2.09. The summed E-state index contributed by atoms with van der Waals surface area (Å²) in [4.78, 5) is 11.7. The Hall–Kier alpha value is -0.290. The van der Waals surface area contributed by atoms with Crippen molar-refractivity contribution in [1.82, 2.24) is 0 Å². The Labute approximate surface area is 125 Å². The van der Waals surface area contributed by atoms with E-state index in [-0.39, 0.29) is 5.91 Å². The molecule has 0 heterocycles. The lowest BCUT2D eigenvalue weighted by atomic mass is 10.2. The highest BCUT2D eigenvalue weighted by atomic mass is 79.9. The molecule has 1 amide bonds. The Bertz CT molecular complexity index is 404. The first-order valence-corrected chi connectivity index (χ1v) is 7.24. The molecule has 18 heavy (non-hydrogen) atoms. The molecule has 3 nitrogen and oxygen atoms in total. The van der Waals surface area contributed by atoms with Crippen molar-refractivity contribution in [2.45, 2.75) is 25.7 Å². The third-order valence-corrected chi connectivity index (χ3v) is 3.43. The average Bonchev–Trinajstić information content (AvgIpc) is 2.29. The Kier molecular flexibility index (Phi) is 7.00. The molecular weight excluding hydrogens is 339 g/mol. The van der Waals surface area contributed by atoms with Crippen LogP contribution in [-0.2, 0) is 4.79 Å². The van der Waals surface area contributed by atoms with E-state index in [4.69, 9.17) is 28.9 Å². The molecule has 0 radical (unpaired) electrons. The van der Waals surface area contributed by atoms with Crippen LogP contribution in [-0.4, -0.2) is 12.5 Å². The second kappa shape index (κ2) is 8.00. The number of halogens is 3. The summed E-state index contributed by atoms with van der Waals surface area (Å²) >= 11 is 15.3. The number of anilines is 1. The van der Waals surface area contributed by atoms with Crippen LogP contribution >= 0.6 is 39.1 Å². The number of benzene rings is 1. The molecule has 100 valence electrons. The fourth-order valence-electron chi connectivity index (χ4n) is 1.47. The van der Waals surface area contributed by atoms with Gasteiger partial charge in [-0.05, 0) is 31.5 Å². The highest BCUT2D eigenvalue weighted by molar-refractivity contribution is 9.10. The van der Waals surface area contributed by atoms with Gasteiger partial charge in [0, 0.05) is 10.9 Å². The minimum Gasteiger partial charge on any atom is -0.330 e. The van der Waals surface area contributed by atoms with Gasteiger partial charge in [-0.3, -0.25) is 4.79 Å². The van der Waals surface area contributed by atoms with Gasteiger partial charge in [-0.2, -0.15) is 0 Å². The zero-order valence-corrected chi connectivity index (χ0v) is 12.9. The van der Waals surface area contributed by atoms with E-state index in [9.17, 15) is 4.79 Å². The molecular formula is C12H15BrCl2N2O. The standard InChI is InChI=1S/C12H15BrCl2N2O/c13-8-6-9(14)12(10(15)7-8)17-11(18)4-2-1-3-5-16/h6-7H,1-5,16H2,(H,17,18). The van der Waals surface area contributed by atoms with Crippen LogP contribution in [0.15, 0.2) is 16.6 Å². The van der Waals surface area contributed by atoms with Crippen LogP contribution in [0.2, 0.25) is 10.0 Å². The maximum absolute atomic E-state index is 11.7. The van der Waals surface area contributed by atoms with E-state index in [1.165, 1.54) is 0 Å². The number of carbonyl (C=O) groups is 1. The Morgan fingerprint density at radius 2 is 1.83 bits per heavy atom. The molecule has 0 saturated carbocycles. The number of unbranched alkanes of at least 4 members (excludes halogenated alkanes) is 2. The fourth-order valence-corrected chi connectivity index (χ4v) is 2.77. The minimum absolute atomic E-state index is 0.0851. The SMILES string of the molecule is NCCCCCC(=O)Nc1c(Cl)cc(Br)cc1Cl.